The molecule has 0 aliphatic carbocycles. The molecule has 1 unspecified atom stereocenters. The van der Waals surface area contributed by atoms with Gasteiger partial charge in [-0.2, -0.15) is 0 Å². The second-order valence-corrected chi connectivity index (χ2v) is 17.8. The van der Waals surface area contributed by atoms with Gasteiger partial charge in [-0.15, -0.1) is 0 Å². The van der Waals surface area contributed by atoms with Gasteiger partial charge in [0.1, 0.15) is 13.2 Å². The molecular formula is C57H100O6. The Hall–Kier alpha value is -2.89. The third-order valence-corrected chi connectivity index (χ3v) is 11.5. The molecule has 0 spiro atoms. The lowest BCUT2D eigenvalue weighted by atomic mass is 10.0. The van der Waals surface area contributed by atoms with Crippen LogP contribution < -0.4 is 0 Å². The van der Waals surface area contributed by atoms with E-state index in [1.54, 1.807) is 0 Å². The second-order valence-electron chi connectivity index (χ2n) is 17.8. The summed E-state index contributed by atoms with van der Waals surface area (Å²) in [6, 6.07) is 0. The zero-order chi connectivity index (χ0) is 45.8. The van der Waals surface area contributed by atoms with E-state index in [-0.39, 0.29) is 31.1 Å². The van der Waals surface area contributed by atoms with Crippen LogP contribution in [-0.4, -0.2) is 37.2 Å². The highest BCUT2D eigenvalue weighted by atomic mass is 16.6. The summed E-state index contributed by atoms with van der Waals surface area (Å²) in [5, 5.41) is 0. The van der Waals surface area contributed by atoms with Gasteiger partial charge in [0.15, 0.2) is 6.10 Å². The molecule has 0 saturated carbocycles. The Labute approximate surface area is 390 Å². The van der Waals surface area contributed by atoms with Gasteiger partial charge in [0.2, 0.25) is 0 Å². The Bertz CT molecular complexity index is 1150. The molecule has 0 saturated heterocycles. The van der Waals surface area contributed by atoms with E-state index in [1.165, 1.54) is 116 Å². The third-order valence-electron chi connectivity index (χ3n) is 11.5. The van der Waals surface area contributed by atoms with Crippen molar-refractivity contribution in [1.82, 2.24) is 0 Å². The van der Waals surface area contributed by atoms with Crippen LogP contribution in [0.3, 0.4) is 0 Å². The average Bonchev–Trinajstić information content (AvgIpc) is 3.28. The summed E-state index contributed by atoms with van der Waals surface area (Å²) >= 11 is 0. The maximum atomic E-state index is 12.8. The van der Waals surface area contributed by atoms with E-state index in [9.17, 15) is 14.4 Å². The zero-order valence-corrected chi connectivity index (χ0v) is 41.6. The monoisotopic (exact) mass is 881 g/mol. The van der Waals surface area contributed by atoms with Crippen LogP contribution in [0.2, 0.25) is 0 Å². The molecule has 0 aromatic carbocycles. The van der Waals surface area contributed by atoms with Crippen molar-refractivity contribution in [1.29, 1.82) is 0 Å². The van der Waals surface area contributed by atoms with E-state index in [2.05, 4.69) is 81.5 Å². The minimum Gasteiger partial charge on any atom is -0.462 e. The highest BCUT2D eigenvalue weighted by molar-refractivity contribution is 5.71. The fourth-order valence-corrected chi connectivity index (χ4v) is 7.53. The summed E-state index contributed by atoms with van der Waals surface area (Å²) in [5.41, 5.74) is 0. The van der Waals surface area contributed by atoms with Crippen LogP contribution in [0.4, 0.5) is 0 Å². The van der Waals surface area contributed by atoms with Crippen LogP contribution in [0.1, 0.15) is 265 Å². The predicted octanol–water partition coefficient (Wildman–Crippen LogP) is 17.6. The largest absolute Gasteiger partial charge is 0.462 e. The number of rotatable bonds is 48. The average molecular weight is 881 g/mol. The molecule has 1 atom stereocenters. The molecule has 6 nitrogen and oxygen atoms in total. The third kappa shape index (κ3) is 50.0. The fraction of sp³-hybridized carbons (Fsp3) is 0.772. The normalized spacial score (nSPS) is 12.5. The van der Waals surface area contributed by atoms with Gasteiger partial charge in [-0.05, 0) is 64.2 Å². The summed E-state index contributed by atoms with van der Waals surface area (Å²) < 4.78 is 16.7. The van der Waals surface area contributed by atoms with Gasteiger partial charge < -0.3 is 14.2 Å². The molecule has 0 aliphatic heterocycles. The summed E-state index contributed by atoms with van der Waals surface area (Å²) in [5.74, 6) is -0.896. The standard InChI is InChI=1S/C57H100O6/c1-4-7-10-13-16-18-20-22-24-26-27-28-29-31-32-34-36-38-41-44-47-50-56(59)62-53-54(52-61-55(58)49-46-43-40-15-12-9-6-3)63-57(60)51-48-45-42-39-37-35-33-30-25-23-21-19-17-14-11-8-5-2/h7,10,16,18,22,24,27-28,31-32,54H,4-6,8-9,11-15,17,19-21,23,25-26,29-30,33-53H2,1-3H3/b10-7-,18-16-,24-22-,28-27-,32-31-. The van der Waals surface area contributed by atoms with Crippen LogP contribution in [-0.2, 0) is 28.6 Å². The molecular weight excluding hydrogens is 781 g/mol. The molecule has 0 amide bonds. The summed E-state index contributed by atoms with van der Waals surface area (Å²) in [6.45, 7) is 6.48. The van der Waals surface area contributed by atoms with Crippen LogP contribution in [0.25, 0.3) is 0 Å². The van der Waals surface area contributed by atoms with Crippen LogP contribution in [0, 0.1) is 0 Å². The molecule has 0 aliphatic rings. The number of esters is 3. The predicted molar refractivity (Wildman–Crippen MR) is 270 cm³/mol. The minimum atomic E-state index is -0.777. The van der Waals surface area contributed by atoms with E-state index < -0.39 is 6.10 Å². The molecule has 0 radical (unpaired) electrons. The quantitative estimate of drug-likeness (QED) is 0.0262. The minimum absolute atomic E-state index is 0.0781. The first kappa shape index (κ1) is 60.1. The molecule has 364 valence electrons. The van der Waals surface area contributed by atoms with E-state index in [4.69, 9.17) is 14.2 Å². The Balaban J connectivity index is 4.26. The lowest BCUT2D eigenvalue weighted by Gasteiger charge is -2.18. The van der Waals surface area contributed by atoms with Crippen molar-refractivity contribution in [3.8, 4) is 0 Å². The maximum absolute atomic E-state index is 12.8. The van der Waals surface area contributed by atoms with Gasteiger partial charge in [0, 0.05) is 19.3 Å². The molecule has 0 heterocycles. The molecule has 63 heavy (non-hydrogen) atoms. The van der Waals surface area contributed by atoms with Crippen molar-refractivity contribution in [2.45, 2.75) is 271 Å². The Morgan fingerprint density at radius 1 is 0.333 bits per heavy atom. The first-order chi connectivity index (χ1) is 31.0. The van der Waals surface area contributed by atoms with Crippen molar-refractivity contribution < 1.29 is 28.6 Å². The van der Waals surface area contributed by atoms with Gasteiger partial charge in [-0.25, -0.2) is 0 Å². The Kier molecular flexibility index (Phi) is 49.4. The summed E-state index contributed by atoms with van der Waals surface area (Å²) in [4.78, 5) is 37.9. The van der Waals surface area contributed by atoms with Gasteiger partial charge in [-0.1, -0.05) is 242 Å². The van der Waals surface area contributed by atoms with E-state index in [0.717, 1.165) is 109 Å². The molecule has 0 aromatic rings. The number of ether oxygens (including phenoxy) is 3. The molecule has 0 rings (SSSR count). The van der Waals surface area contributed by atoms with E-state index in [1.807, 2.05) is 0 Å². The van der Waals surface area contributed by atoms with Crippen molar-refractivity contribution in [2.24, 2.45) is 0 Å². The van der Waals surface area contributed by atoms with Crippen LogP contribution in [0.5, 0.6) is 0 Å². The van der Waals surface area contributed by atoms with Crippen molar-refractivity contribution in [2.75, 3.05) is 13.2 Å². The lowest BCUT2D eigenvalue weighted by Crippen LogP contribution is -2.30. The number of hydrogen-bond donors (Lipinski definition) is 0. The molecule has 0 fully saturated rings. The number of carbonyl (C=O) groups excluding carboxylic acids is 3. The van der Waals surface area contributed by atoms with Crippen LogP contribution in [0.15, 0.2) is 60.8 Å². The molecule has 0 aromatic heterocycles. The second kappa shape index (κ2) is 51.7. The SMILES string of the molecule is CC/C=C\C/C=C\C/C=C\C/C=C\C/C=C\CCCCCCCC(=O)OCC(COC(=O)CCCCCCCCC)OC(=O)CCCCCCCCCCCCCCCCCCC. The van der Waals surface area contributed by atoms with Crippen molar-refractivity contribution in [3.05, 3.63) is 60.8 Å². The topological polar surface area (TPSA) is 78.9 Å². The number of hydrogen-bond acceptors (Lipinski definition) is 6. The highest BCUT2D eigenvalue weighted by Gasteiger charge is 2.19. The van der Waals surface area contributed by atoms with Gasteiger partial charge in [-0.3, -0.25) is 14.4 Å². The number of allylic oxidation sites excluding steroid dienone is 10. The number of carbonyl (C=O) groups is 3. The van der Waals surface area contributed by atoms with Crippen LogP contribution >= 0.6 is 0 Å². The molecule has 6 heteroatoms. The lowest BCUT2D eigenvalue weighted by molar-refractivity contribution is -0.167. The first-order valence-electron chi connectivity index (χ1n) is 26.8. The summed E-state index contributed by atoms with van der Waals surface area (Å²) in [7, 11) is 0. The Morgan fingerprint density at radius 2 is 0.619 bits per heavy atom. The first-order valence-corrected chi connectivity index (χ1v) is 26.8. The number of unbranched alkanes of at least 4 members (excludes halogenated alkanes) is 27. The molecule has 0 N–H and O–H groups in total. The van der Waals surface area contributed by atoms with Gasteiger partial charge >= 0.3 is 17.9 Å². The maximum Gasteiger partial charge on any atom is 0.306 e. The fourth-order valence-electron chi connectivity index (χ4n) is 7.53. The van der Waals surface area contributed by atoms with Crippen molar-refractivity contribution >= 4 is 17.9 Å². The van der Waals surface area contributed by atoms with Gasteiger partial charge in [0.05, 0.1) is 0 Å². The van der Waals surface area contributed by atoms with Gasteiger partial charge in [0.25, 0.3) is 0 Å². The smallest absolute Gasteiger partial charge is 0.306 e. The van der Waals surface area contributed by atoms with Crippen molar-refractivity contribution in [3.63, 3.8) is 0 Å². The van der Waals surface area contributed by atoms with E-state index >= 15 is 0 Å². The molecule has 0 bridgehead atoms. The summed E-state index contributed by atoms with van der Waals surface area (Å²) in [6.07, 6.45) is 63.6. The Morgan fingerprint density at radius 3 is 0.968 bits per heavy atom. The zero-order valence-electron chi connectivity index (χ0n) is 41.6. The van der Waals surface area contributed by atoms with E-state index in [0.29, 0.717) is 19.3 Å². The highest BCUT2D eigenvalue weighted by Crippen LogP contribution is 2.16.